The van der Waals surface area contributed by atoms with E-state index in [4.69, 9.17) is 0 Å². The number of fused-ring (bicyclic) bond motifs is 1. The van der Waals surface area contributed by atoms with Crippen molar-refractivity contribution < 1.29 is 0 Å². The molecule has 0 aliphatic heterocycles. The van der Waals surface area contributed by atoms with Gasteiger partial charge in [-0.25, -0.2) is 0 Å². The van der Waals surface area contributed by atoms with Crippen molar-refractivity contribution in [3.8, 4) is 0 Å². The van der Waals surface area contributed by atoms with Crippen LogP contribution in [0.3, 0.4) is 0 Å². The summed E-state index contributed by atoms with van der Waals surface area (Å²) in [6, 6.07) is 0. The molecule has 0 unspecified atom stereocenters. The molecule has 0 saturated carbocycles. The average molecular weight is 250 g/mol. The Hall–Kier alpha value is -0.870. The maximum absolute atomic E-state index is 4.50. The average Bonchev–Trinajstić information content (AvgIpc) is 2.78. The van der Waals surface area contributed by atoms with Gasteiger partial charge in [-0.15, -0.1) is 0 Å². The lowest BCUT2D eigenvalue weighted by Gasteiger charge is -2.17. The zero-order valence-electron chi connectivity index (χ0n) is 11.8. The number of aromatic amines is 1. The second-order valence-corrected chi connectivity index (χ2v) is 5.32. The van der Waals surface area contributed by atoms with Gasteiger partial charge in [0.2, 0.25) is 0 Å². The number of rotatable bonds is 7. The van der Waals surface area contributed by atoms with Crippen molar-refractivity contribution in [3.05, 3.63) is 17.0 Å². The van der Waals surface area contributed by atoms with Crippen LogP contribution in [0.15, 0.2) is 0 Å². The molecule has 1 heterocycles. The van der Waals surface area contributed by atoms with Gasteiger partial charge in [-0.3, -0.25) is 10.00 Å². The summed E-state index contributed by atoms with van der Waals surface area (Å²) in [6.07, 6.45) is 6.23. The van der Waals surface area contributed by atoms with Gasteiger partial charge in [-0.05, 0) is 51.3 Å². The van der Waals surface area contributed by atoms with Gasteiger partial charge < -0.3 is 5.32 Å². The van der Waals surface area contributed by atoms with Gasteiger partial charge in [-0.1, -0.05) is 6.92 Å². The highest BCUT2D eigenvalue weighted by Crippen LogP contribution is 2.22. The van der Waals surface area contributed by atoms with Crippen molar-refractivity contribution in [2.75, 3.05) is 26.7 Å². The molecule has 102 valence electrons. The normalized spacial score (nSPS) is 15.1. The summed E-state index contributed by atoms with van der Waals surface area (Å²) in [5, 5.41) is 11.1. The molecular formula is C14H26N4. The number of aryl methyl sites for hydroxylation is 1. The lowest BCUT2D eigenvalue weighted by atomic mass is 9.96. The zero-order chi connectivity index (χ0) is 12.8. The van der Waals surface area contributed by atoms with Gasteiger partial charge in [0.15, 0.2) is 0 Å². The Morgan fingerprint density at radius 1 is 1.28 bits per heavy atom. The van der Waals surface area contributed by atoms with Crippen LogP contribution < -0.4 is 5.32 Å². The molecule has 2 rings (SSSR count). The SMILES string of the molecule is CCCNCCN(C)Cc1n[nH]c2c1CCCC2. The Bertz CT molecular complexity index is 359. The Morgan fingerprint density at radius 2 is 2.11 bits per heavy atom. The summed E-state index contributed by atoms with van der Waals surface area (Å²) in [5.41, 5.74) is 4.14. The lowest BCUT2D eigenvalue weighted by Crippen LogP contribution is -2.29. The number of aromatic nitrogens is 2. The fourth-order valence-corrected chi connectivity index (χ4v) is 2.59. The molecule has 0 amide bonds. The minimum absolute atomic E-state index is 0.972. The van der Waals surface area contributed by atoms with Crippen molar-refractivity contribution >= 4 is 0 Å². The van der Waals surface area contributed by atoms with Gasteiger partial charge in [0.05, 0.1) is 5.69 Å². The molecule has 1 aliphatic rings. The van der Waals surface area contributed by atoms with E-state index in [-0.39, 0.29) is 0 Å². The van der Waals surface area contributed by atoms with E-state index in [0.29, 0.717) is 0 Å². The number of H-pyrrole nitrogens is 1. The number of nitrogens with zero attached hydrogens (tertiary/aromatic N) is 2. The Balaban J connectivity index is 1.80. The van der Waals surface area contributed by atoms with Crippen molar-refractivity contribution in [1.82, 2.24) is 20.4 Å². The molecule has 1 aromatic rings. The van der Waals surface area contributed by atoms with Crippen LogP contribution in [0.2, 0.25) is 0 Å². The number of hydrogen-bond donors (Lipinski definition) is 2. The first-order chi connectivity index (χ1) is 8.81. The predicted octanol–water partition coefficient (Wildman–Crippen LogP) is 1.72. The van der Waals surface area contributed by atoms with Gasteiger partial charge in [0.1, 0.15) is 0 Å². The highest BCUT2D eigenvalue weighted by Gasteiger charge is 2.17. The second kappa shape index (κ2) is 6.90. The largest absolute Gasteiger partial charge is 0.315 e. The molecule has 0 atom stereocenters. The van der Waals surface area contributed by atoms with Crippen LogP contribution in [0.1, 0.15) is 43.1 Å². The van der Waals surface area contributed by atoms with Crippen LogP contribution in [0.5, 0.6) is 0 Å². The van der Waals surface area contributed by atoms with E-state index < -0.39 is 0 Å². The first-order valence-corrected chi connectivity index (χ1v) is 7.25. The third kappa shape index (κ3) is 3.56. The van der Waals surface area contributed by atoms with E-state index in [1.807, 2.05) is 0 Å². The van der Waals surface area contributed by atoms with E-state index in [9.17, 15) is 0 Å². The molecule has 1 aliphatic carbocycles. The molecule has 4 heteroatoms. The number of nitrogens with one attached hydrogen (secondary N) is 2. The van der Waals surface area contributed by atoms with Crippen LogP contribution in [0.25, 0.3) is 0 Å². The summed E-state index contributed by atoms with van der Waals surface area (Å²) in [6.45, 7) is 6.44. The van der Waals surface area contributed by atoms with Gasteiger partial charge >= 0.3 is 0 Å². The maximum Gasteiger partial charge on any atom is 0.0796 e. The lowest BCUT2D eigenvalue weighted by molar-refractivity contribution is 0.319. The number of likely N-dealkylation sites (N-methyl/N-ethyl adjacent to an activating group) is 1. The van der Waals surface area contributed by atoms with Crippen LogP contribution in [0, 0.1) is 0 Å². The third-order valence-electron chi connectivity index (χ3n) is 3.66. The molecule has 0 saturated heterocycles. The quantitative estimate of drug-likeness (QED) is 0.724. The van der Waals surface area contributed by atoms with E-state index in [1.54, 1.807) is 0 Å². The zero-order valence-corrected chi connectivity index (χ0v) is 11.8. The molecule has 0 fully saturated rings. The van der Waals surface area contributed by atoms with Gasteiger partial charge in [0.25, 0.3) is 0 Å². The minimum Gasteiger partial charge on any atom is -0.315 e. The van der Waals surface area contributed by atoms with Crippen LogP contribution in [-0.4, -0.2) is 41.8 Å². The highest BCUT2D eigenvalue weighted by molar-refractivity contribution is 5.27. The monoisotopic (exact) mass is 250 g/mol. The summed E-state index contributed by atoms with van der Waals surface area (Å²) >= 11 is 0. The second-order valence-electron chi connectivity index (χ2n) is 5.32. The molecular weight excluding hydrogens is 224 g/mol. The summed E-state index contributed by atoms with van der Waals surface area (Å²) in [5.74, 6) is 0. The standard InChI is InChI=1S/C14H26N4/c1-3-8-15-9-10-18(2)11-14-12-6-4-5-7-13(12)16-17-14/h15H,3-11H2,1-2H3,(H,16,17). The van der Waals surface area contributed by atoms with E-state index in [0.717, 1.165) is 26.2 Å². The summed E-state index contributed by atoms with van der Waals surface area (Å²) < 4.78 is 0. The van der Waals surface area contributed by atoms with Crippen LogP contribution >= 0.6 is 0 Å². The van der Waals surface area contributed by atoms with Crippen molar-refractivity contribution in [1.29, 1.82) is 0 Å². The Labute approximate surface area is 110 Å². The number of hydrogen-bond acceptors (Lipinski definition) is 3. The van der Waals surface area contributed by atoms with E-state index >= 15 is 0 Å². The van der Waals surface area contributed by atoms with E-state index in [1.165, 1.54) is 49.1 Å². The first-order valence-electron chi connectivity index (χ1n) is 7.25. The molecule has 1 aromatic heterocycles. The molecule has 0 bridgehead atoms. The fourth-order valence-electron chi connectivity index (χ4n) is 2.59. The van der Waals surface area contributed by atoms with Gasteiger partial charge in [-0.2, -0.15) is 5.10 Å². The highest BCUT2D eigenvalue weighted by atomic mass is 15.2. The predicted molar refractivity (Wildman–Crippen MR) is 74.7 cm³/mol. The molecule has 4 nitrogen and oxygen atoms in total. The molecule has 2 N–H and O–H groups in total. The summed E-state index contributed by atoms with van der Waals surface area (Å²) in [4.78, 5) is 2.35. The van der Waals surface area contributed by atoms with Gasteiger partial charge in [0, 0.05) is 25.3 Å². The first kappa shape index (κ1) is 13.6. The topological polar surface area (TPSA) is 44.0 Å². The smallest absolute Gasteiger partial charge is 0.0796 e. The fraction of sp³-hybridized carbons (Fsp3) is 0.786. The molecule has 0 radical (unpaired) electrons. The minimum atomic E-state index is 0.972. The maximum atomic E-state index is 4.50. The summed E-state index contributed by atoms with van der Waals surface area (Å²) in [7, 11) is 2.18. The van der Waals surface area contributed by atoms with Crippen molar-refractivity contribution in [2.24, 2.45) is 0 Å². The Kier molecular flexibility index (Phi) is 5.20. The molecule has 18 heavy (non-hydrogen) atoms. The third-order valence-corrected chi connectivity index (χ3v) is 3.66. The van der Waals surface area contributed by atoms with Crippen LogP contribution in [0.4, 0.5) is 0 Å². The van der Waals surface area contributed by atoms with Crippen LogP contribution in [-0.2, 0) is 19.4 Å². The Morgan fingerprint density at radius 3 is 2.94 bits per heavy atom. The van der Waals surface area contributed by atoms with Crippen molar-refractivity contribution in [3.63, 3.8) is 0 Å². The molecule has 0 aromatic carbocycles. The molecule has 0 spiro atoms. The van der Waals surface area contributed by atoms with E-state index in [2.05, 4.69) is 34.4 Å². The van der Waals surface area contributed by atoms with Crippen molar-refractivity contribution in [2.45, 2.75) is 45.6 Å².